The number of halogens is 20. The Hall–Kier alpha value is -7.43. The largest absolute Gasteiger partial charge is 0.207 e. The molecule has 73 heavy (non-hydrogen) atoms. The second-order valence-electron chi connectivity index (χ2n) is 15.7. The van der Waals surface area contributed by atoms with Gasteiger partial charge in [0.1, 0.15) is 58.4 Å². The third-order valence-electron chi connectivity index (χ3n) is 11.6. The second kappa shape index (κ2) is 20.6. The van der Waals surface area contributed by atoms with Crippen LogP contribution in [-0.2, 0) is 26.3 Å². The van der Waals surface area contributed by atoms with Gasteiger partial charge in [-0.1, -0.05) is 95.2 Å². The molecule has 378 valence electrons. The highest BCUT2D eigenvalue weighted by atomic mass is 32.2. The Morgan fingerprint density at radius 1 is 0.260 bits per heavy atom. The molecule has 0 amide bonds. The van der Waals surface area contributed by atoms with Crippen molar-refractivity contribution < 1.29 is 92.0 Å². The maximum atomic E-state index is 15.4. The zero-order valence-corrected chi connectivity index (χ0v) is 36.7. The van der Waals surface area contributed by atoms with E-state index in [9.17, 15) is 56.9 Å². The van der Waals surface area contributed by atoms with Crippen molar-refractivity contribution in [2.45, 2.75) is 22.0 Å². The van der Waals surface area contributed by atoms with Crippen LogP contribution in [0.1, 0.15) is 16.7 Å². The number of hydrogen-bond donors (Lipinski definition) is 0. The molecule has 0 aliphatic rings. The van der Waals surface area contributed by atoms with Crippen LogP contribution in [0, 0.1) is 116 Å². The Balaban J connectivity index is 0.000000237. The van der Waals surface area contributed by atoms with E-state index in [0.29, 0.717) is 5.75 Å². The van der Waals surface area contributed by atoms with Crippen LogP contribution in [0.2, 0.25) is 0 Å². The van der Waals surface area contributed by atoms with Gasteiger partial charge in [0.25, 0.3) is 0 Å². The highest BCUT2D eigenvalue weighted by molar-refractivity contribution is 8.02. The molecule has 1 nitrogen and oxygen atoms in total. The van der Waals surface area contributed by atoms with Gasteiger partial charge < -0.3 is 0 Å². The highest BCUT2D eigenvalue weighted by Crippen LogP contribution is 2.34. The molecule has 0 aromatic heterocycles. The Bertz CT molecular complexity index is 3050. The highest BCUT2D eigenvalue weighted by Gasteiger charge is 2.52. The van der Waals surface area contributed by atoms with E-state index in [1.807, 2.05) is 66.7 Å². The summed E-state index contributed by atoms with van der Waals surface area (Å²) in [6, 6.07) is 38.6. The average molecular weight is 1060 g/mol. The normalized spacial score (nSPS) is 11.7. The fourth-order valence-electron chi connectivity index (χ4n) is 8.28. The van der Waals surface area contributed by atoms with Gasteiger partial charge in [-0.25, -0.2) is 87.8 Å². The molecule has 0 heterocycles. The molecule has 8 aromatic rings. The summed E-state index contributed by atoms with van der Waals surface area (Å²) in [6.07, 6.45) is -6.31. The zero-order chi connectivity index (χ0) is 53.6. The van der Waals surface area contributed by atoms with E-state index in [4.69, 9.17) is 0 Å². The van der Waals surface area contributed by atoms with Crippen LogP contribution in [0.4, 0.5) is 87.8 Å². The van der Waals surface area contributed by atoms with Crippen LogP contribution >= 0.6 is 0 Å². The Morgan fingerprint density at radius 2 is 0.466 bits per heavy atom. The first-order valence-corrected chi connectivity index (χ1v) is 22.1. The lowest BCUT2D eigenvalue weighted by molar-refractivity contribution is 0.378. The monoisotopic (exact) mass is 1060 g/mol. The van der Waals surface area contributed by atoms with E-state index in [1.54, 1.807) is 0 Å². The summed E-state index contributed by atoms with van der Waals surface area (Å²) < 4.78 is 308. The van der Waals surface area contributed by atoms with Gasteiger partial charge in [-0.05, 0) is 41.8 Å². The quantitative estimate of drug-likeness (QED) is 0.0439. The summed E-state index contributed by atoms with van der Waals surface area (Å²) in [7, 11) is -2.37. The minimum atomic E-state index is -7.22. The molecule has 23 heteroatoms. The first-order chi connectivity index (χ1) is 34.4. The van der Waals surface area contributed by atoms with Crippen LogP contribution < -0.4 is 21.9 Å². The van der Waals surface area contributed by atoms with E-state index >= 15 is 35.1 Å². The molecule has 0 aliphatic carbocycles. The summed E-state index contributed by atoms with van der Waals surface area (Å²) in [6.45, 7) is 0. The van der Waals surface area contributed by atoms with E-state index in [2.05, 4.69) is 48.5 Å². The molecule has 0 unspecified atom stereocenters. The first kappa shape index (κ1) is 53.4. The maximum Gasteiger partial charge on any atom is 0.200 e. The Kier molecular flexibility index (Phi) is 15.1. The van der Waals surface area contributed by atoms with Crippen LogP contribution in [-0.4, -0.2) is 6.15 Å². The summed E-state index contributed by atoms with van der Waals surface area (Å²) in [5.74, 6) is -70.9. The SMILES string of the molecule is Fc1c(F)c(F)c([B-](c2c(F)c(F)c(F)c(F)c2F)(c2c(F)c(F)c(F)c(F)c2F)c2c(F)c(F)c(F)c(F)c2F)c(F)c1F.O=[S+](Cc1ccc(Cc2ccccc2)cc1)(c1ccccc1)c1ccccc1. The molecule has 0 bridgehead atoms. The summed E-state index contributed by atoms with van der Waals surface area (Å²) in [5, 5.41) is 0. The molecule has 0 N–H and O–H groups in total. The van der Waals surface area contributed by atoms with Gasteiger partial charge in [0.15, 0.2) is 89.5 Å². The van der Waals surface area contributed by atoms with E-state index in [1.165, 1.54) is 11.1 Å². The predicted octanol–water partition coefficient (Wildman–Crippen LogP) is 12.2. The summed E-state index contributed by atoms with van der Waals surface area (Å²) >= 11 is 0. The minimum absolute atomic E-state index is 0.507. The van der Waals surface area contributed by atoms with Crippen molar-refractivity contribution in [3.05, 3.63) is 248 Å². The van der Waals surface area contributed by atoms with Gasteiger partial charge in [-0.2, -0.15) is 0 Å². The van der Waals surface area contributed by atoms with E-state index < -0.39 is 154 Å². The number of rotatable bonds is 10. The number of benzene rings is 8. The van der Waals surface area contributed by atoms with Crippen LogP contribution in [0.5, 0.6) is 0 Å². The Morgan fingerprint density at radius 3 is 0.726 bits per heavy atom. The maximum absolute atomic E-state index is 15.4. The fraction of sp³-hybridized carbons (Fsp3) is 0.0400. The summed E-state index contributed by atoms with van der Waals surface area (Å²) in [5.41, 5.74) is -10.7. The van der Waals surface area contributed by atoms with Crippen molar-refractivity contribution in [3.63, 3.8) is 0 Å². The molecule has 0 saturated heterocycles. The topological polar surface area (TPSA) is 17.1 Å². The van der Waals surface area contributed by atoms with Crippen molar-refractivity contribution in [2.24, 2.45) is 0 Å². The third kappa shape index (κ3) is 9.00. The lowest BCUT2D eigenvalue weighted by Gasteiger charge is -2.44. The van der Waals surface area contributed by atoms with Crippen molar-refractivity contribution in [3.8, 4) is 0 Å². The van der Waals surface area contributed by atoms with Crippen molar-refractivity contribution in [2.75, 3.05) is 0 Å². The van der Waals surface area contributed by atoms with Crippen molar-refractivity contribution >= 4 is 37.9 Å². The smallest absolute Gasteiger partial charge is 0.200 e. The molecule has 0 fully saturated rings. The van der Waals surface area contributed by atoms with Crippen molar-refractivity contribution in [1.82, 2.24) is 0 Å². The number of hydrogen-bond acceptors (Lipinski definition) is 1. The lowest BCUT2D eigenvalue weighted by Crippen LogP contribution is -2.81. The Labute approximate surface area is 399 Å². The van der Waals surface area contributed by atoms with E-state index in [0.717, 1.165) is 21.8 Å². The predicted molar refractivity (Wildman–Crippen MR) is 226 cm³/mol. The average Bonchev–Trinajstić information content (AvgIpc) is 3.40. The molecule has 0 saturated carbocycles. The molecule has 0 atom stereocenters. The van der Waals surface area contributed by atoms with Crippen LogP contribution in [0.25, 0.3) is 0 Å². The molecule has 0 aliphatic heterocycles. The van der Waals surface area contributed by atoms with Gasteiger partial charge in [-0.3, -0.25) is 0 Å². The van der Waals surface area contributed by atoms with E-state index in [-0.39, 0.29) is 0 Å². The molecular formula is C50H23BF20OS. The summed E-state index contributed by atoms with van der Waals surface area (Å²) in [4.78, 5) is 1.77. The standard InChI is InChI=1S/C26H23OS.C24BF20/c27-28(25-12-6-2-7-13-25,26-14-8-3-9-15-26)21-24-18-16-23(17-19-24)20-22-10-4-1-5-11-22;26-5-1(6(27)14(35)21(42)13(5)34)25(2-7(28)15(36)22(43)16(37)8(2)29,3-9(30)17(38)23(44)18(39)10(3)31)4-11(32)19(40)24(45)20(41)12(4)33/h1-19H,20-21H2;/q+1;-1. The van der Waals surface area contributed by atoms with Crippen LogP contribution in [0.3, 0.4) is 0 Å². The van der Waals surface area contributed by atoms with Crippen LogP contribution in [0.15, 0.2) is 125 Å². The first-order valence-electron chi connectivity index (χ1n) is 20.4. The molecular weight excluding hydrogens is 1040 g/mol. The molecule has 8 aromatic carbocycles. The zero-order valence-electron chi connectivity index (χ0n) is 35.8. The molecule has 8 rings (SSSR count). The molecule has 0 spiro atoms. The molecule has 0 radical (unpaired) electrons. The van der Waals surface area contributed by atoms with Gasteiger partial charge in [0.2, 0.25) is 0 Å². The van der Waals surface area contributed by atoms with Crippen molar-refractivity contribution in [1.29, 1.82) is 0 Å². The third-order valence-corrected chi connectivity index (χ3v) is 14.4. The van der Waals surface area contributed by atoms with Gasteiger partial charge in [-0.15, -0.1) is 21.9 Å². The fourth-order valence-corrected chi connectivity index (χ4v) is 10.7. The minimum Gasteiger partial charge on any atom is -0.207 e. The van der Waals surface area contributed by atoms with Gasteiger partial charge >= 0.3 is 0 Å². The van der Waals surface area contributed by atoms with Gasteiger partial charge in [0.05, 0.1) is 0 Å². The van der Waals surface area contributed by atoms with Gasteiger partial charge in [0, 0.05) is 5.56 Å². The second-order valence-corrected chi connectivity index (χ2v) is 18.3. The lowest BCUT2D eigenvalue weighted by atomic mass is 9.12.